The zero-order chi connectivity index (χ0) is 25.7. The summed E-state index contributed by atoms with van der Waals surface area (Å²) in [4.78, 5) is 28.3. The molecular formula is C27H35BN2O6. The molecule has 1 amide bonds. The van der Waals surface area contributed by atoms with E-state index >= 15 is 0 Å². The topological polar surface area (TPSA) is 97.3 Å². The molecule has 2 aliphatic heterocycles. The normalized spacial score (nSPS) is 16.2. The van der Waals surface area contributed by atoms with Gasteiger partial charge in [-0.2, -0.15) is 0 Å². The molecule has 2 aromatic rings. The Kier molecular flexibility index (Phi) is 8.66. The van der Waals surface area contributed by atoms with Gasteiger partial charge in [-0.3, -0.25) is 9.69 Å². The molecule has 1 unspecified atom stereocenters. The summed E-state index contributed by atoms with van der Waals surface area (Å²) < 4.78 is 16.6. The number of nitrogens with one attached hydrogen (secondary N) is 1. The van der Waals surface area contributed by atoms with Crippen LogP contribution in [0.3, 0.4) is 0 Å². The molecule has 0 saturated carbocycles. The number of carbonyl (C=O) groups excluding carboxylic acids is 2. The third kappa shape index (κ3) is 6.27. The molecule has 9 heteroatoms. The average Bonchev–Trinajstić information content (AvgIpc) is 3.52. The highest BCUT2D eigenvalue weighted by Gasteiger charge is 2.32. The number of esters is 1. The second-order valence-corrected chi connectivity index (χ2v) is 9.82. The summed E-state index contributed by atoms with van der Waals surface area (Å²) in [5, 5.41) is 12.9. The molecule has 36 heavy (non-hydrogen) atoms. The van der Waals surface area contributed by atoms with Crippen molar-refractivity contribution in [2.24, 2.45) is 5.92 Å². The van der Waals surface area contributed by atoms with Crippen molar-refractivity contribution in [3.63, 3.8) is 0 Å². The first-order valence-electron chi connectivity index (χ1n) is 12.7. The lowest BCUT2D eigenvalue weighted by atomic mass is 9.75. The zero-order valence-corrected chi connectivity index (χ0v) is 21.3. The van der Waals surface area contributed by atoms with Gasteiger partial charge in [0.15, 0.2) is 0 Å². The van der Waals surface area contributed by atoms with Crippen LogP contribution in [-0.2, 0) is 27.4 Å². The van der Waals surface area contributed by atoms with Crippen molar-refractivity contribution in [1.82, 2.24) is 10.2 Å². The number of hydrogen-bond donors (Lipinski definition) is 2. The largest absolute Gasteiger partial charge is 0.492 e. The van der Waals surface area contributed by atoms with E-state index in [1.54, 1.807) is 19.1 Å². The van der Waals surface area contributed by atoms with Gasteiger partial charge in [0, 0.05) is 12.1 Å². The number of nitrogens with zero attached hydrogens (tertiary/aromatic N) is 1. The molecule has 2 heterocycles. The number of carbonyl (C=O) groups is 2. The Morgan fingerprint density at radius 3 is 2.56 bits per heavy atom. The van der Waals surface area contributed by atoms with Gasteiger partial charge in [-0.05, 0) is 79.1 Å². The zero-order valence-electron chi connectivity index (χ0n) is 21.3. The van der Waals surface area contributed by atoms with Crippen molar-refractivity contribution in [3.8, 4) is 5.75 Å². The van der Waals surface area contributed by atoms with Crippen LogP contribution in [0.5, 0.6) is 5.75 Å². The van der Waals surface area contributed by atoms with E-state index in [1.807, 2.05) is 38.1 Å². The molecule has 1 saturated heterocycles. The highest BCUT2D eigenvalue weighted by molar-refractivity contribution is 6.62. The van der Waals surface area contributed by atoms with Gasteiger partial charge in [-0.25, -0.2) is 4.79 Å². The fraction of sp³-hybridized carbons (Fsp3) is 0.481. The smallest absolute Gasteiger partial charge is 0.492 e. The van der Waals surface area contributed by atoms with Crippen LogP contribution in [0.25, 0.3) is 0 Å². The lowest BCUT2D eigenvalue weighted by molar-refractivity contribution is -0.148. The van der Waals surface area contributed by atoms with Gasteiger partial charge in [-0.1, -0.05) is 32.0 Å². The van der Waals surface area contributed by atoms with Crippen LogP contribution in [0.15, 0.2) is 36.4 Å². The molecule has 0 spiro atoms. The Hall–Kier alpha value is -2.88. The summed E-state index contributed by atoms with van der Waals surface area (Å²) in [6, 6.07) is 10.2. The number of likely N-dealkylation sites (tertiary alicyclic amines) is 1. The molecular weight excluding hydrogens is 459 g/mol. The summed E-state index contributed by atoms with van der Waals surface area (Å²) in [6.45, 7) is 9.78. The summed E-state index contributed by atoms with van der Waals surface area (Å²) in [6.07, 6.45) is 2.53. The van der Waals surface area contributed by atoms with E-state index in [0.717, 1.165) is 36.5 Å². The maximum atomic E-state index is 13.0. The van der Waals surface area contributed by atoms with Crippen LogP contribution < -0.4 is 15.5 Å². The minimum Gasteiger partial charge on any atom is -0.492 e. The van der Waals surface area contributed by atoms with Gasteiger partial charge in [0.25, 0.3) is 5.91 Å². The van der Waals surface area contributed by atoms with E-state index in [4.69, 9.17) is 14.1 Å². The lowest BCUT2D eigenvalue weighted by Gasteiger charge is -2.22. The number of ether oxygens (including phenoxy) is 2. The molecule has 0 bridgehead atoms. The lowest BCUT2D eigenvalue weighted by Crippen LogP contribution is -2.46. The van der Waals surface area contributed by atoms with Crippen molar-refractivity contribution in [1.29, 1.82) is 0 Å². The van der Waals surface area contributed by atoms with Gasteiger partial charge in [0.05, 0.1) is 6.61 Å². The summed E-state index contributed by atoms with van der Waals surface area (Å²) in [7, 11) is -1.04. The van der Waals surface area contributed by atoms with Gasteiger partial charge in [-0.15, -0.1) is 0 Å². The molecule has 1 fully saturated rings. The van der Waals surface area contributed by atoms with E-state index in [9.17, 15) is 14.6 Å². The molecule has 1 atom stereocenters. The van der Waals surface area contributed by atoms with Crippen LogP contribution in [0.1, 0.15) is 53.7 Å². The Bertz CT molecular complexity index is 1070. The van der Waals surface area contributed by atoms with Crippen molar-refractivity contribution < 1.29 is 28.7 Å². The number of hydrogen-bond acceptors (Lipinski definition) is 7. The van der Waals surface area contributed by atoms with Gasteiger partial charge >= 0.3 is 13.1 Å². The molecule has 0 radical (unpaired) electrons. The Labute approximate surface area is 213 Å². The van der Waals surface area contributed by atoms with Gasteiger partial charge < -0.3 is 24.5 Å². The third-order valence-corrected chi connectivity index (χ3v) is 6.88. The number of rotatable bonds is 10. The van der Waals surface area contributed by atoms with E-state index in [-0.39, 0.29) is 18.4 Å². The Morgan fingerprint density at radius 2 is 1.86 bits per heavy atom. The quantitative estimate of drug-likeness (QED) is 0.386. The molecule has 0 aromatic heterocycles. The third-order valence-electron chi connectivity index (χ3n) is 6.88. The van der Waals surface area contributed by atoms with Crippen molar-refractivity contribution in [2.75, 3.05) is 26.2 Å². The molecule has 192 valence electrons. The van der Waals surface area contributed by atoms with Crippen molar-refractivity contribution >= 4 is 24.5 Å². The minimum atomic E-state index is -1.04. The predicted octanol–water partition coefficient (Wildman–Crippen LogP) is 2.19. The van der Waals surface area contributed by atoms with E-state index in [1.165, 1.54) is 12.8 Å². The second-order valence-electron chi connectivity index (χ2n) is 9.82. The van der Waals surface area contributed by atoms with Crippen LogP contribution >= 0.6 is 0 Å². The molecule has 4 rings (SSSR count). The molecule has 8 nitrogen and oxygen atoms in total. The Morgan fingerprint density at radius 1 is 1.14 bits per heavy atom. The molecule has 2 aromatic carbocycles. The molecule has 2 aliphatic rings. The summed E-state index contributed by atoms with van der Waals surface area (Å²) >= 11 is 0. The van der Waals surface area contributed by atoms with Crippen LogP contribution in [0.2, 0.25) is 0 Å². The van der Waals surface area contributed by atoms with Crippen LogP contribution in [-0.4, -0.2) is 61.2 Å². The minimum absolute atomic E-state index is 0.105. The van der Waals surface area contributed by atoms with Crippen molar-refractivity contribution in [2.45, 2.75) is 52.9 Å². The van der Waals surface area contributed by atoms with E-state index < -0.39 is 19.1 Å². The fourth-order valence-corrected chi connectivity index (χ4v) is 4.69. The maximum absolute atomic E-state index is 13.0. The number of fused-ring (bicyclic) bond motifs is 1. The SMILES string of the molecule is Cc1c(C(=O)NC(C(=O)OCc2ccc(OCCN3CCCC3)cc2)C(C)C)ccc2c1B(O)OC2. The van der Waals surface area contributed by atoms with Gasteiger partial charge in [0.2, 0.25) is 0 Å². The second kappa shape index (κ2) is 11.9. The first-order chi connectivity index (χ1) is 17.3. The fourth-order valence-electron chi connectivity index (χ4n) is 4.69. The summed E-state index contributed by atoms with van der Waals surface area (Å²) in [5.74, 6) is -0.264. The summed E-state index contributed by atoms with van der Waals surface area (Å²) in [5.41, 5.74) is 3.37. The van der Waals surface area contributed by atoms with Gasteiger partial charge in [0.1, 0.15) is 25.0 Å². The molecule has 0 aliphatic carbocycles. The Balaban J connectivity index is 1.29. The molecule has 2 N–H and O–H groups in total. The number of amides is 1. The maximum Gasteiger partial charge on any atom is 0.492 e. The monoisotopic (exact) mass is 494 g/mol. The average molecular weight is 494 g/mol. The van der Waals surface area contributed by atoms with Crippen molar-refractivity contribution in [3.05, 3.63) is 58.7 Å². The predicted molar refractivity (Wildman–Crippen MR) is 137 cm³/mol. The standard InChI is InChI=1S/C27H35BN2O6/c1-18(2)25(29-26(31)23-11-8-21-17-36-28(33)24(21)19(23)3)27(32)35-16-20-6-9-22(10-7-20)34-15-14-30-12-4-5-13-30/h6-11,18,25,33H,4-5,12-17H2,1-3H3,(H,29,31). The van der Waals surface area contributed by atoms with E-state index in [0.29, 0.717) is 29.8 Å². The first kappa shape index (κ1) is 26.2. The van der Waals surface area contributed by atoms with E-state index in [2.05, 4.69) is 10.2 Å². The van der Waals surface area contributed by atoms with Crippen LogP contribution in [0.4, 0.5) is 0 Å². The first-order valence-corrected chi connectivity index (χ1v) is 12.7. The highest BCUT2D eigenvalue weighted by Crippen LogP contribution is 2.18. The number of benzene rings is 2. The van der Waals surface area contributed by atoms with Crippen LogP contribution in [0, 0.1) is 12.8 Å². The highest BCUT2D eigenvalue weighted by atomic mass is 16.5.